The van der Waals surface area contributed by atoms with Gasteiger partial charge in [0.25, 0.3) is 0 Å². The third kappa shape index (κ3) is 5.40. The standard InChI is InChI=1S/C16H20ClF3N2O2/c1-4-5-8-21(3)15(24)10-22(11(2)23)12-6-7-14(17)13(9-12)16(18,19)20/h6-7,9H,4-5,8,10H2,1-3H3. The first kappa shape index (κ1) is 20.3. The lowest BCUT2D eigenvalue weighted by Gasteiger charge is -2.25. The lowest BCUT2D eigenvalue weighted by Crippen LogP contribution is -2.41. The number of hydrogen-bond donors (Lipinski definition) is 0. The minimum absolute atomic E-state index is 0.0172. The first-order chi connectivity index (χ1) is 11.1. The van der Waals surface area contributed by atoms with E-state index in [2.05, 4.69) is 0 Å². The highest BCUT2D eigenvalue weighted by Crippen LogP contribution is 2.37. The van der Waals surface area contributed by atoms with Gasteiger partial charge in [-0.15, -0.1) is 0 Å². The second-order valence-electron chi connectivity index (χ2n) is 5.44. The molecule has 1 rings (SSSR count). The third-order valence-corrected chi connectivity index (χ3v) is 3.84. The molecule has 0 radical (unpaired) electrons. The Hall–Kier alpha value is -1.76. The van der Waals surface area contributed by atoms with E-state index in [0.29, 0.717) is 6.54 Å². The number of anilines is 1. The van der Waals surface area contributed by atoms with Crippen LogP contribution in [-0.2, 0) is 15.8 Å². The maximum Gasteiger partial charge on any atom is 0.417 e. The maximum atomic E-state index is 13.0. The monoisotopic (exact) mass is 364 g/mol. The molecule has 0 atom stereocenters. The fourth-order valence-corrected chi connectivity index (χ4v) is 2.28. The normalized spacial score (nSPS) is 11.3. The van der Waals surface area contributed by atoms with E-state index in [1.807, 2.05) is 6.92 Å². The lowest BCUT2D eigenvalue weighted by molar-refractivity contribution is -0.137. The van der Waals surface area contributed by atoms with E-state index in [0.717, 1.165) is 29.9 Å². The van der Waals surface area contributed by atoms with E-state index < -0.39 is 22.7 Å². The maximum absolute atomic E-state index is 13.0. The summed E-state index contributed by atoms with van der Waals surface area (Å²) in [6.07, 6.45) is -2.93. The molecule has 0 aliphatic carbocycles. The van der Waals surface area contributed by atoms with Gasteiger partial charge in [0, 0.05) is 26.2 Å². The van der Waals surface area contributed by atoms with Gasteiger partial charge in [-0.3, -0.25) is 9.59 Å². The smallest absolute Gasteiger partial charge is 0.344 e. The molecule has 4 nitrogen and oxygen atoms in total. The van der Waals surface area contributed by atoms with E-state index in [1.54, 1.807) is 7.05 Å². The van der Waals surface area contributed by atoms with E-state index >= 15 is 0 Å². The number of amides is 2. The summed E-state index contributed by atoms with van der Waals surface area (Å²) < 4.78 is 38.9. The zero-order chi connectivity index (χ0) is 18.5. The molecule has 0 heterocycles. The third-order valence-electron chi connectivity index (χ3n) is 3.51. The molecular weight excluding hydrogens is 345 g/mol. The van der Waals surface area contributed by atoms with Crippen LogP contribution in [-0.4, -0.2) is 36.9 Å². The van der Waals surface area contributed by atoms with Gasteiger partial charge >= 0.3 is 6.18 Å². The minimum atomic E-state index is -4.64. The molecule has 0 bridgehead atoms. The van der Waals surface area contributed by atoms with Crippen LogP contribution in [0.25, 0.3) is 0 Å². The Labute approximate surface area is 144 Å². The summed E-state index contributed by atoms with van der Waals surface area (Å²) in [6, 6.07) is 3.14. The number of nitrogens with zero attached hydrogens (tertiary/aromatic N) is 2. The molecule has 0 aliphatic heterocycles. The Bertz CT molecular complexity index is 605. The molecule has 8 heteroatoms. The van der Waals surface area contributed by atoms with Gasteiger partial charge in [0.05, 0.1) is 10.6 Å². The molecular formula is C16H20ClF3N2O2. The largest absolute Gasteiger partial charge is 0.417 e. The molecule has 0 aromatic heterocycles. The van der Waals surface area contributed by atoms with Crippen molar-refractivity contribution in [3.63, 3.8) is 0 Å². The van der Waals surface area contributed by atoms with Gasteiger partial charge in [-0.05, 0) is 24.6 Å². The summed E-state index contributed by atoms with van der Waals surface area (Å²) in [7, 11) is 1.60. The highest BCUT2D eigenvalue weighted by Gasteiger charge is 2.34. The molecule has 134 valence electrons. The Morgan fingerprint density at radius 3 is 2.38 bits per heavy atom. The van der Waals surface area contributed by atoms with Crippen molar-refractivity contribution in [2.24, 2.45) is 0 Å². The van der Waals surface area contributed by atoms with Crippen LogP contribution in [0.3, 0.4) is 0 Å². The van der Waals surface area contributed by atoms with E-state index in [-0.39, 0.29) is 18.1 Å². The summed E-state index contributed by atoms with van der Waals surface area (Å²) in [5.74, 6) is -0.871. The van der Waals surface area contributed by atoms with Crippen LogP contribution in [0.4, 0.5) is 18.9 Å². The van der Waals surface area contributed by atoms with Crippen LogP contribution in [0.1, 0.15) is 32.3 Å². The van der Waals surface area contributed by atoms with Gasteiger partial charge < -0.3 is 9.80 Å². The average Bonchev–Trinajstić information content (AvgIpc) is 2.49. The zero-order valence-corrected chi connectivity index (χ0v) is 14.5. The quantitative estimate of drug-likeness (QED) is 0.766. The van der Waals surface area contributed by atoms with Crippen LogP contribution < -0.4 is 4.90 Å². The number of likely N-dealkylation sites (N-methyl/N-ethyl adjacent to an activating group) is 1. The fraction of sp³-hybridized carbons (Fsp3) is 0.500. The van der Waals surface area contributed by atoms with Crippen LogP contribution in [0.2, 0.25) is 5.02 Å². The summed E-state index contributed by atoms with van der Waals surface area (Å²) in [6.45, 7) is 3.37. The Morgan fingerprint density at radius 1 is 1.25 bits per heavy atom. The summed E-state index contributed by atoms with van der Waals surface area (Å²) in [5, 5.41) is -0.457. The zero-order valence-electron chi connectivity index (χ0n) is 13.8. The predicted molar refractivity (Wildman–Crippen MR) is 87.0 cm³/mol. The summed E-state index contributed by atoms with van der Waals surface area (Å²) >= 11 is 5.58. The molecule has 0 saturated carbocycles. The van der Waals surface area contributed by atoms with Crippen LogP contribution in [0.5, 0.6) is 0 Å². The fourth-order valence-electron chi connectivity index (χ4n) is 2.06. The van der Waals surface area contributed by atoms with Crippen molar-refractivity contribution >= 4 is 29.1 Å². The molecule has 0 unspecified atom stereocenters. The number of hydrogen-bond acceptors (Lipinski definition) is 2. The summed E-state index contributed by atoms with van der Waals surface area (Å²) in [4.78, 5) is 26.4. The van der Waals surface area contributed by atoms with Crippen molar-refractivity contribution in [2.45, 2.75) is 32.9 Å². The first-order valence-electron chi connectivity index (χ1n) is 7.46. The van der Waals surface area contributed by atoms with Crippen molar-refractivity contribution in [3.05, 3.63) is 28.8 Å². The Kier molecular flexibility index (Phi) is 7.08. The SMILES string of the molecule is CCCCN(C)C(=O)CN(C(C)=O)c1ccc(Cl)c(C(F)(F)F)c1. The van der Waals surface area contributed by atoms with Crippen molar-refractivity contribution in [2.75, 3.05) is 25.0 Å². The van der Waals surface area contributed by atoms with E-state index in [4.69, 9.17) is 11.6 Å². The van der Waals surface area contributed by atoms with Gasteiger partial charge in [-0.25, -0.2) is 0 Å². The molecule has 24 heavy (non-hydrogen) atoms. The number of unbranched alkanes of at least 4 members (excludes halogenated alkanes) is 1. The number of alkyl halides is 3. The average molecular weight is 365 g/mol. The second-order valence-corrected chi connectivity index (χ2v) is 5.84. The second kappa shape index (κ2) is 8.37. The van der Waals surface area contributed by atoms with Crippen LogP contribution >= 0.6 is 11.6 Å². The van der Waals surface area contributed by atoms with Crippen molar-refractivity contribution < 1.29 is 22.8 Å². The number of benzene rings is 1. The molecule has 2 amide bonds. The molecule has 1 aromatic carbocycles. The molecule has 0 N–H and O–H groups in total. The highest BCUT2D eigenvalue weighted by molar-refractivity contribution is 6.31. The van der Waals surface area contributed by atoms with Gasteiger partial charge in [0.1, 0.15) is 6.54 Å². The topological polar surface area (TPSA) is 40.6 Å². The minimum Gasteiger partial charge on any atom is -0.344 e. The predicted octanol–water partition coefficient (Wildman–Crippen LogP) is 3.97. The van der Waals surface area contributed by atoms with Gasteiger partial charge in [0.2, 0.25) is 11.8 Å². The first-order valence-corrected chi connectivity index (χ1v) is 7.84. The molecule has 0 saturated heterocycles. The van der Waals surface area contributed by atoms with Crippen molar-refractivity contribution in [3.8, 4) is 0 Å². The van der Waals surface area contributed by atoms with Gasteiger partial charge in [-0.1, -0.05) is 24.9 Å². The van der Waals surface area contributed by atoms with Crippen LogP contribution in [0, 0.1) is 0 Å². The Balaban J connectivity index is 3.05. The number of halogens is 4. The van der Waals surface area contributed by atoms with Crippen molar-refractivity contribution in [1.29, 1.82) is 0 Å². The van der Waals surface area contributed by atoms with Crippen LogP contribution in [0.15, 0.2) is 18.2 Å². The number of rotatable bonds is 6. The molecule has 0 spiro atoms. The summed E-state index contributed by atoms with van der Waals surface area (Å²) in [5.41, 5.74) is -1.06. The molecule has 1 aromatic rings. The highest BCUT2D eigenvalue weighted by atomic mass is 35.5. The van der Waals surface area contributed by atoms with Crippen molar-refractivity contribution in [1.82, 2.24) is 4.90 Å². The van der Waals surface area contributed by atoms with E-state index in [9.17, 15) is 22.8 Å². The van der Waals surface area contributed by atoms with Gasteiger partial charge in [-0.2, -0.15) is 13.2 Å². The van der Waals surface area contributed by atoms with E-state index in [1.165, 1.54) is 17.9 Å². The van der Waals surface area contributed by atoms with Gasteiger partial charge in [0.15, 0.2) is 0 Å². The molecule has 0 fully saturated rings. The lowest BCUT2D eigenvalue weighted by atomic mass is 10.1. The molecule has 0 aliphatic rings. The number of carbonyl (C=O) groups excluding carboxylic acids is 2. The number of carbonyl (C=O) groups is 2. The Morgan fingerprint density at radius 2 is 1.88 bits per heavy atom.